The number of para-hydroxylation sites is 1. The first kappa shape index (κ1) is 21.9. The summed E-state index contributed by atoms with van der Waals surface area (Å²) in [6, 6.07) is 17.9. The molecule has 0 bridgehead atoms. The minimum absolute atomic E-state index is 0.286. The van der Waals surface area contributed by atoms with E-state index in [4.69, 9.17) is 20.8 Å². The van der Waals surface area contributed by atoms with Gasteiger partial charge >= 0.3 is 0 Å². The van der Waals surface area contributed by atoms with Crippen molar-refractivity contribution in [2.24, 2.45) is 5.10 Å². The van der Waals surface area contributed by atoms with Gasteiger partial charge in [-0.05, 0) is 86.0 Å². The van der Waals surface area contributed by atoms with Crippen LogP contribution in [0.15, 0.2) is 83.9 Å². The maximum atomic E-state index is 13.4. The number of aromatic nitrogens is 2. The Balaban J connectivity index is 1.71. The third kappa shape index (κ3) is 4.10. The van der Waals surface area contributed by atoms with Crippen LogP contribution in [0.4, 0.5) is 0 Å². The van der Waals surface area contributed by atoms with E-state index in [0.29, 0.717) is 33.0 Å². The quantitative estimate of drug-likeness (QED) is 0.215. The van der Waals surface area contributed by atoms with Crippen LogP contribution in [0.25, 0.3) is 33.5 Å². The van der Waals surface area contributed by atoms with E-state index in [1.165, 1.54) is 4.68 Å². The van der Waals surface area contributed by atoms with Crippen molar-refractivity contribution in [3.8, 4) is 17.3 Å². The molecule has 0 aliphatic heterocycles. The van der Waals surface area contributed by atoms with Crippen molar-refractivity contribution in [2.45, 2.75) is 0 Å². The van der Waals surface area contributed by atoms with E-state index in [1.807, 2.05) is 18.2 Å². The molecule has 2 aromatic heterocycles. The Kier molecular flexibility index (Phi) is 5.82. The maximum Gasteiger partial charge on any atom is 0.282 e. The highest BCUT2D eigenvalue weighted by atomic mass is 79.9. The Hall–Kier alpha value is -2.94. The molecular weight excluding hydrogens is 574 g/mol. The number of halogens is 3. The molecule has 5 rings (SSSR count). The van der Waals surface area contributed by atoms with Crippen molar-refractivity contribution in [1.29, 1.82) is 0 Å². The molecule has 33 heavy (non-hydrogen) atoms. The van der Waals surface area contributed by atoms with Gasteiger partial charge in [0.05, 0.1) is 33.2 Å². The van der Waals surface area contributed by atoms with Gasteiger partial charge in [0.15, 0.2) is 5.76 Å². The van der Waals surface area contributed by atoms with Gasteiger partial charge in [-0.1, -0.05) is 23.7 Å². The number of hydrogen-bond acceptors (Lipinski definition) is 5. The third-order valence-electron chi connectivity index (χ3n) is 5.00. The van der Waals surface area contributed by atoms with Crippen LogP contribution < -0.4 is 10.3 Å². The predicted octanol–water partition coefficient (Wildman–Crippen LogP) is 6.88. The molecule has 0 atom stereocenters. The third-order valence-corrected chi connectivity index (χ3v) is 6.41. The van der Waals surface area contributed by atoms with Gasteiger partial charge in [-0.3, -0.25) is 4.79 Å². The highest BCUT2D eigenvalue weighted by Crippen LogP contribution is 2.34. The minimum atomic E-state index is -0.308. The van der Waals surface area contributed by atoms with E-state index in [2.05, 4.69) is 41.9 Å². The van der Waals surface area contributed by atoms with Crippen molar-refractivity contribution >= 4 is 71.5 Å². The number of furan rings is 1. The second kappa shape index (κ2) is 8.78. The van der Waals surface area contributed by atoms with Crippen LogP contribution in [-0.2, 0) is 0 Å². The monoisotopic (exact) mass is 585 g/mol. The van der Waals surface area contributed by atoms with Gasteiger partial charge < -0.3 is 9.15 Å². The first-order valence-electron chi connectivity index (χ1n) is 9.73. The van der Waals surface area contributed by atoms with Crippen LogP contribution in [0.3, 0.4) is 0 Å². The largest absolute Gasteiger partial charge is 0.494 e. The molecular formula is C24H14Br2ClN3O3. The molecule has 0 fully saturated rings. The van der Waals surface area contributed by atoms with Crippen molar-refractivity contribution in [3.05, 3.63) is 90.5 Å². The number of fused-ring (bicyclic) bond motifs is 2. The number of benzene rings is 3. The lowest BCUT2D eigenvalue weighted by Crippen LogP contribution is -2.20. The molecule has 0 spiro atoms. The molecule has 0 unspecified atom stereocenters. The maximum absolute atomic E-state index is 13.4. The lowest BCUT2D eigenvalue weighted by molar-refractivity contribution is 0.409. The summed E-state index contributed by atoms with van der Waals surface area (Å²) in [5.74, 6) is 1.36. The molecule has 2 heterocycles. The standard InChI is InChI=1S/C24H14Br2ClN3O3/c1-32-22-17(25)8-13(9-18(22)26)12-28-30-23(29-19-5-3-2-4-16(19)24(30)31)21-11-14-10-15(27)6-7-20(14)33-21/h2-12H,1H3. The van der Waals surface area contributed by atoms with E-state index in [1.54, 1.807) is 55.8 Å². The van der Waals surface area contributed by atoms with Crippen LogP contribution >= 0.6 is 43.5 Å². The van der Waals surface area contributed by atoms with Gasteiger partial charge in [-0.25, -0.2) is 4.98 Å². The Morgan fingerprint density at radius 3 is 2.61 bits per heavy atom. The number of methoxy groups -OCH3 is 1. The van der Waals surface area contributed by atoms with Crippen LogP contribution in [-0.4, -0.2) is 23.0 Å². The molecule has 0 saturated carbocycles. The van der Waals surface area contributed by atoms with Crippen LogP contribution in [0, 0.1) is 0 Å². The Morgan fingerprint density at radius 2 is 1.85 bits per heavy atom. The van der Waals surface area contributed by atoms with Crippen molar-refractivity contribution in [1.82, 2.24) is 9.66 Å². The smallest absolute Gasteiger partial charge is 0.282 e. The van der Waals surface area contributed by atoms with Gasteiger partial charge in [0.1, 0.15) is 11.3 Å². The fourth-order valence-corrected chi connectivity index (χ4v) is 5.21. The van der Waals surface area contributed by atoms with E-state index in [9.17, 15) is 4.79 Å². The van der Waals surface area contributed by atoms with Gasteiger partial charge in [-0.15, -0.1) is 0 Å². The Bertz CT molecular complexity index is 1600. The van der Waals surface area contributed by atoms with E-state index >= 15 is 0 Å². The van der Waals surface area contributed by atoms with E-state index in [0.717, 1.165) is 19.9 Å². The number of nitrogens with zero attached hydrogens (tertiary/aromatic N) is 3. The average Bonchev–Trinajstić information content (AvgIpc) is 3.21. The summed E-state index contributed by atoms with van der Waals surface area (Å²) in [4.78, 5) is 18.0. The Labute approximate surface area is 209 Å². The molecule has 0 amide bonds. The fraction of sp³-hybridized carbons (Fsp3) is 0.0417. The highest BCUT2D eigenvalue weighted by Gasteiger charge is 2.17. The first-order chi connectivity index (χ1) is 15.9. The summed E-state index contributed by atoms with van der Waals surface area (Å²) in [5, 5.41) is 6.32. The minimum Gasteiger partial charge on any atom is -0.494 e. The highest BCUT2D eigenvalue weighted by molar-refractivity contribution is 9.11. The molecule has 5 aromatic rings. The Morgan fingerprint density at radius 1 is 1.09 bits per heavy atom. The van der Waals surface area contributed by atoms with Crippen molar-refractivity contribution in [3.63, 3.8) is 0 Å². The van der Waals surface area contributed by atoms with Crippen LogP contribution in [0.2, 0.25) is 5.02 Å². The summed E-state index contributed by atoms with van der Waals surface area (Å²) in [7, 11) is 1.59. The van der Waals surface area contributed by atoms with E-state index < -0.39 is 0 Å². The zero-order valence-corrected chi connectivity index (χ0v) is 21.0. The normalized spacial score (nSPS) is 11.6. The average molecular weight is 588 g/mol. The number of hydrogen-bond donors (Lipinski definition) is 0. The molecule has 6 nitrogen and oxygen atoms in total. The summed E-state index contributed by atoms with van der Waals surface area (Å²) >= 11 is 13.1. The molecule has 164 valence electrons. The summed E-state index contributed by atoms with van der Waals surface area (Å²) in [6.07, 6.45) is 1.58. The zero-order chi connectivity index (χ0) is 23.1. The molecule has 0 aliphatic carbocycles. The van der Waals surface area contributed by atoms with Crippen LogP contribution in [0.5, 0.6) is 5.75 Å². The van der Waals surface area contributed by atoms with Crippen LogP contribution in [0.1, 0.15) is 5.56 Å². The van der Waals surface area contributed by atoms with Gasteiger partial charge in [-0.2, -0.15) is 9.78 Å². The zero-order valence-electron chi connectivity index (χ0n) is 17.1. The summed E-state index contributed by atoms with van der Waals surface area (Å²) < 4.78 is 14.1. The van der Waals surface area contributed by atoms with Crippen molar-refractivity contribution < 1.29 is 9.15 Å². The summed E-state index contributed by atoms with van der Waals surface area (Å²) in [5.41, 5.74) is 1.63. The molecule has 9 heteroatoms. The topological polar surface area (TPSA) is 69.6 Å². The fourth-order valence-electron chi connectivity index (χ4n) is 3.49. The molecule has 0 saturated heterocycles. The van der Waals surface area contributed by atoms with Crippen molar-refractivity contribution in [2.75, 3.05) is 7.11 Å². The second-order valence-electron chi connectivity index (χ2n) is 7.12. The van der Waals surface area contributed by atoms with E-state index in [-0.39, 0.29) is 11.4 Å². The SMILES string of the molecule is COc1c(Br)cc(C=Nn2c(-c3cc4cc(Cl)ccc4o3)nc3ccccc3c2=O)cc1Br. The van der Waals surface area contributed by atoms with Gasteiger partial charge in [0.25, 0.3) is 5.56 Å². The predicted molar refractivity (Wildman–Crippen MR) is 138 cm³/mol. The lowest BCUT2D eigenvalue weighted by atomic mass is 10.2. The second-order valence-corrected chi connectivity index (χ2v) is 9.27. The number of ether oxygens (including phenoxy) is 1. The molecule has 0 aliphatic rings. The number of rotatable bonds is 4. The molecule has 0 N–H and O–H groups in total. The first-order valence-corrected chi connectivity index (χ1v) is 11.7. The lowest BCUT2D eigenvalue weighted by Gasteiger charge is -2.08. The molecule has 0 radical (unpaired) electrons. The summed E-state index contributed by atoms with van der Waals surface area (Å²) in [6.45, 7) is 0. The van der Waals surface area contributed by atoms with Gasteiger partial charge in [0, 0.05) is 10.4 Å². The molecule has 3 aromatic carbocycles. The van der Waals surface area contributed by atoms with Gasteiger partial charge in [0.2, 0.25) is 5.82 Å².